The van der Waals surface area contributed by atoms with Gasteiger partial charge in [0.15, 0.2) is 11.5 Å². The fourth-order valence-corrected chi connectivity index (χ4v) is 1.55. The monoisotopic (exact) mass is 262 g/mol. The number of hydrogen-bond donors (Lipinski definition) is 1. The van der Waals surface area contributed by atoms with Crippen molar-refractivity contribution in [2.75, 3.05) is 7.11 Å². The summed E-state index contributed by atoms with van der Waals surface area (Å²) in [4.78, 5) is 22.0. The van der Waals surface area contributed by atoms with E-state index in [1.165, 1.54) is 13.2 Å². The number of carboxylic acid groups (broad SMARTS) is 1. The van der Waals surface area contributed by atoms with Crippen LogP contribution in [-0.4, -0.2) is 24.2 Å². The summed E-state index contributed by atoms with van der Waals surface area (Å²) in [6, 6.07) is 4.88. The average molecular weight is 262 g/mol. The van der Waals surface area contributed by atoms with Crippen molar-refractivity contribution in [1.29, 1.82) is 0 Å². The van der Waals surface area contributed by atoms with Crippen LogP contribution < -0.4 is 9.47 Å². The quantitative estimate of drug-likeness (QED) is 0.500. The number of aliphatic carboxylic acids is 1. The first-order valence-corrected chi connectivity index (χ1v) is 5.91. The Hall–Kier alpha value is -2.30. The van der Waals surface area contributed by atoms with Crippen molar-refractivity contribution in [3.63, 3.8) is 0 Å². The summed E-state index contributed by atoms with van der Waals surface area (Å²) in [6.45, 7) is 0. The van der Waals surface area contributed by atoms with Gasteiger partial charge >= 0.3 is 11.9 Å². The Bertz CT molecular complexity index is 529. The minimum Gasteiger partial charge on any atom is -0.493 e. The molecule has 100 valence electrons. The van der Waals surface area contributed by atoms with E-state index in [9.17, 15) is 9.59 Å². The van der Waals surface area contributed by atoms with Crippen LogP contribution in [0.4, 0.5) is 0 Å². The minimum atomic E-state index is -1.02. The largest absolute Gasteiger partial charge is 0.493 e. The third-order valence-electron chi connectivity index (χ3n) is 2.73. The van der Waals surface area contributed by atoms with Crippen LogP contribution >= 0.6 is 0 Å². The number of ether oxygens (including phenoxy) is 2. The molecule has 2 rings (SSSR count). The Morgan fingerprint density at radius 2 is 2.05 bits per heavy atom. The van der Waals surface area contributed by atoms with Crippen molar-refractivity contribution >= 4 is 18.0 Å². The standard InChI is InChI=1S/C14H14O5/c1-18-12-8-9(3-7-13(15)16)2-6-11(12)19-14(17)10-4-5-10/h2-3,6-8,10H,4-5H2,1H3,(H,15,16)/b7-3+. The van der Waals surface area contributed by atoms with E-state index in [-0.39, 0.29) is 11.9 Å². The van der Waals surface area contributed by atoms with Crippen LogP contribution in [0, 0.1) is 5.92 Å². The number of hydrogen-bond acceptors (Lipinski definition) is 4. The molecule has 0 amide bonds. The van der Waals surface area contributed by atoms with E-state index in [4.69, 9.17) is 14.6 Å². The second-order valence-corrected chi connectivity index (χ2v) is 4.28. The number of methoxy groups -OCH3 is 1. The second-order valence-electron chi connectivity index (χ2n) is 4.28. The predicted molar refractivity (Wildman–Crippen MR) is 68.0 cm³/mol. The van der Waals surface area contributed by atoms with Gasteiger partial charge in [0, 0.05) is 6.08 Å². The topological polar surface area (TPSA) is 72.8 Å². The molecule has 1 aliphatic rings. The van der Waals surface area contributed by atoms with Gasteiger partial charge in [-0.05, 0) is 36.6 Å². The van der Waals surface area contributed by atoms with Crippen LogP contribution in [0.15, 0.2) is 24.3 Å². The molecule has 0 spiro atoms. The Balaban J connectivity index is 2.15. The van der Waals surface area contributed by atoms with Crippen molar-refractivity contribution in [3.8, 4) is 11.5 Å². The van der Waals surface area contributed by atoms with Crippen LogP contribution in [0.5, 0.6) is 11.5 Å². The molecule has 5 heteroatoms. The zero-order valence-electron chi connectivity index (χ0n) is 10.5. The zero-order chi connectivity index (χ0) is 13.8. The summed E-state index contributed by atoms with van der Waals surface area (Å²) in [5.41, 5.74) is 0.658. The van der Waals surface area contributed by atoms with Crippen LogP contribution in [0.1, 0.15) is 18.4 Å². The number of carboxylic acids is 1. The molecular weight excluding hydrogens is 248 g/mol. The molecule has 1 saturated carbocycles. The molecule has 0 radical (unpaired) electrons. The Labute approximate surface area is 110 Å². The third kappa shape index (κ3) is 3.58. The van der Waals surface area contributed by atoms with Gasteiger partial charge in [-0.25, -0.2) is 4.79 Å². The van der Waals surface area contributed by atoms with Gasteiger partial charge in [-0.3, -0.25) is 4.79 Å². The molecule has 0 bridgehead atoms. The lowest BCUT2D eigenvalue weighted by Gasteiger charge is -2.09. The maximum absolute atomic E-state index is 11.6. The molecule has 0 atom stereocenters. The van der Waals surface area contributed by atoms with Crippen LogP contribution in [-0.2, 0) is 9.59 Å². The van der Waals surface area contributed by atoms with E-state index in [2.05, 4.69) is 0 Å². The molecule has 1 N–H and O–H groups in total. The lowest BCUT2D eigenvalue weighted by Crippen LogP contribution is -2.10. The molecule has 0 heterocycles. The van der Waals surface area contributed by atoms with E-state index in [0.717, 1.165) is 18.9 Å². The molecule has 5 nitrogen and oxygen atoms in total. The van der Waals surface area contributed by atoms with Crippen LogP contribution in [0.25, 0.3) is 6.08 Å². The maximum Gasteiger partial charge on any atom is 0.328 e. The molecule has 1 fully saturated rings. The number of carbonyl (C=O) groups excluding carboxylic acids is 1. The number of esters is 1. The Morgan fingerprint density at radius 3 is 2.63 bits per heavy atom. The highest BCUT2D eigenvalue weighted by Gasteiger charge is 2.32. The van der Waals surface area contributed by atoms with E-state index in [1.54, 1.807) is 18.2 Å². The van der Waals surface area contributed by atoms with E-state index < -0.39 is 5.97 Å². The first-order chi connectivity index (χ1) is 9.10. The van der Waals surface area contributed by atoms with Crippen LogP contribution in [0.2, 0.25) is 0 Å². The van der Waals surface area contributed by atoms with Gasteiger partial charge in [0.2, 0.25) is 0 Å². The predicted octanol–water partition coefficient (Wildman–Crippen LogP) is 2.11. The Morgan fingerprint density at radius 1 is 1.32 bits per heavy atom. The van der Waals surface area contributed by atoms with Gasteiger partial charge in [-0.15, -0.1) is 0 Å². The number of carbonyl (C=O) groups is 2. The summed E-state index contributed by atoms with van der Waals surface area (Å²) in [5.74, 6) is -0.500. The highest BCUT2D eigenvalue weighted by molar-refractivity contribution is 5.85. The highest BCUT2D eigenvalue weighted by Crippen LogP contribution is 2.34. The molecule has 0 unspecified atom stereocenters. The molecule has 1 aromatic carbocycles. The van der Waals surface area contributed by atoms with Gasteiger partial charge in [-0.2, -0.15) is 0 Å². The van der Waals surface area contributed by atoms with E-state index >= 15 is 0 Å². The molecule has 1 aliphatic carbocycles. The first kappa shape index (κ1) is 13.1. The number of rotatable bonds is 5. The summed E-state index contributed by atoms with van der Waals surface area (Å²) in [7, 11) is 1.47. The SMILES string of the molecule is COc1cc(/C=C/C(=O)O)ccc1OC(=O)C1CC1. The Kier molecular flexibility index (Phi) is 3.85. The molecule has 0 aliphatic heterocycles. The molecule has 0 saturated heterocycles. The van der Waals surface area contributed by atoms with Crippen molar-refractivity contribution in [2.24, 2.45) is 5.92 Å². The first-order valence-electron chi connectivity index (χ1n) is 5.91. The van der Waals surface area contributed by atoms with Crippen LogP contribution in [0.3, 0.4) is 0 Å². The minimum absolute atomic E-state index is 0.0105. The average Bonchev–Trinajstić information content (AvgIpc) is 3.21. The van der Waals surface area contributed by atoms with Gasteiger partial charge in [-0.1, -0.05) is 6.07 Å². The zero-order valence-corrected chi connectivity index (χ0v) is 10.5. The normalized spacial score (nSPS) is 14.4. The van der Waals surface area contributed by atoms with Crippen molar-refractivity contribution in [3.05, 3.63) is 29.8 Å². The number of benzene rings is 1. The van der Waals surface area contributed by atoms with E-state index in [0.29, 0.717) is 17.1 Å². The maximum atomic E-state index is 11.6. The van der Waals surface area contributed by atoms with Gasteiger partial charge in [0.05, 0.1) is 13.0 Å². The van der Waals surface area contributed by atoms with Crippen molar-refractivity contribution < 1.29 is 24.2 Å². The highest BCUT2D eigenvalue weighted by atomic mass is 16.6. The smallest absolute Gasteiger partial charge is 0.328 e. The molecule has 1 aromatic rings. The van der Waals surface area contributed by atoms with Crippen molar-refractivity contribution in [2.45, 2.75) is 12.8 Å². The second kappa shape index (κ2) is 5.56. The van der Waals surface area contributed by atoms with Gasteiger partial charge in [0.1, 0.15) is 0 Å². The summed E-state index contributed by atoms with van der Waals surface area (Å²) >= 11 is 0. The summed E-state index contributed by atoms with van der Waals surface area (Å²) < 4.78 is 10.4. The molecule has 0 aromatic heterocycles. The lowest BCUT2D eigenvalue weighted by atomic mass is 10.2. The molecular formula is C14H14O5. The van der Waals surface area contributed by atoms with Gasteiger partial charge in [0.25, 0.3) is 0 Å². The summed E-state index contributed by atoms with van der Waals surface area (Å²) in [5, 5.41) is 8.56. The fourth-order valence-electron chi connectivity index (χ4n) is 1.55. The van der Waals surface area contributed by atoms with Crippen molar-refractivity contribution in [1.82, 2.24) is 0 Å². The summed E-state index contributed by atoms with van der Waals surface area (Å²) in [6.07, 6.45) is 4.23. The third-order valence-corrected chi connectivity index (χ3v) is 2.73. The van der Waals surface area contributed by atoms with Gasteiger partial charge < -0.3 is 14.6 Å². The lowest BCUT2D eigenvalue weighted by molar-refractivity contribution is -0.136. The fraction of sp³-hybridized carbons (Fsp3) is 0.286. The van der Waals surface area contributed by atoms with E-state index in [1.807, 2.05) is 0 Å². The molecule has 19 heavy (non-hydrogen) atoms.